The SMILES string of the molecule is C=C(F)/N=C\C(=C/C)CC(C)C(=C)c1cc(CC2C(CC)CCCC2CC)cc(-c2ncc(C)s2)c1. The van der Waals surface area contributed by atoms with E-state index in [1.165, 1.54) is 53.7 Å². The molecular formula is C32H43FN2S. The third-order valence-electron chi connectivity index (χ3n) is 7.99. The second kappa shape index (κ2) is 13.3. The van der Waals surface area contributed by atoms with E-state index in [-0.39, 0.29) is 5.92 Å². The second-order valence-electron chi connectivity index (χ2n) is 10.5. The monoisotopic (exact) mass is 506 g/mol. The number of thiazole rings is 1. The number of rotatable bonds is 11. The molecule has 1 aromatic heterocycles. The number of aliphatic imine (C=N–C) groups is 1. The molecule has 36 heavy (non-hydrogen) atoms. The van der Waals surface area contributed by atoms with Gasteiger partial charge in [-0.05, 0) is 91.3 Å². The van der Waals surface area contributed by atoms with Crippen molar-refractivity contribution in [2.45, 2.75) is 79.6 Å². The highest BCUT2D eigenvalue weighted by Crippen LogP contribution is 2.41. The largest absolute Gasteiger partial charge is 0.244 e. The minimum Gasteiger partial charge on any atom is -0.244 e. The molecule has 0 aliphatic heterocycles. The van der Waals surface area contributed by atoms with E-state index in [0.717, 1.165) is 46.7 Å². The lowest BCUT2D eigenvalue weighted by Crippen LogP contribution is -2.29. The zero-order chi connectivity index (χ0) is 26.2. The van der Waals surface area contributed by atoms with Gasteiger partial charge in [0.2, 0.25) is 5.95 Å². The van der Waals surface area contributed by atoms with Crippen molar-refractivity contribution < 1.29 is 4.39 Å². The summed E-state index contributed by atoms with van der Waals surface area (Å²) in [5, 5.41) is 1.07. The highest BCUT2D eigenvalue weighted by Gasteiger charge is 2.31. The molecule has 0 N–H and O–H groups in total. The van der Waals surface area contributed by atoms with Crippen LogP contribution in [-0.2, 0) is 6.42 Å². The van der Waals surface area contributed by atoms with Crippen LogP contribution in [0.3, 0.4) is 0 Å². The summed E-state index contributed by atoms with van der Waals surface area (Å²) < 4.78 is 13.1. The Kier molecular flexibility index (Phi) is 10.4. The van der Waals surface area contributed by atoms with Crippen LogP contribution in [0.1, 0.15) is 82.2 Å². The van der Waals surface area contributed by atoms with Crippen LogP contribution in [-0.4, -0.2) is 11.2 Å². The van der Waals surface area contributed by atoms with E-state index < -0.39 is 5.95 Å². The Morgan fingerprint density at radius 3 is 2.44 bits per heavy atom. The van der Waals surface area contributed by atoms with Gasteiger partial charge in [0.25, 0.3) is 0 Å². The second-order valence-corrected chi connectivity index (χ2v) is 11.7. The number of nitrogens with zero attached hydrogens (tertiary/aromatic N) is 2. The molecule has 1 saturated carbocycles. The normalized spacial score (nSPS) is 21.6. The Hall–Kier alpha value is -2.33. The van der Waals surface area contributed by atoms with Crippen molar-refractivity contribution in [2.75, 3.05) is 0 Å². The first-order valence-electron chi connectivity index (χ1n) is 13.5. The van der Waals surface area contributed by atoms with E-state index >= 15 is 0 Å². The zero-order valence-corrected chi connectivity index (χ0v) is 23.6. The van der Waals surface area contributed by atoms with Crippen LogP contribution in [0, 0.1) is 30.6 Å². The number of benzene rings is 1. The summed E-state index contributed by atoms with van der Waals surface area (Å²) in [4.78, 5) is 9.68. The number of halogens is 1. The molecule has 0 spiro atoms. The lowest BCUT2D eigenvalue weighted by atomic mass is 9.67. The summed E-state index contributed by atoms with van der Waals surface area (Å²) in [5.41, 5.74) is 5.84. The number of aryl methyl sites for hydroxylation is 1. The predicted molar refractivity (Wildman–Crippen MR) is 156 cm³/mol. The maximum atomic E-state index is 13.1. The van der Waals surface area contributed by atoms with E-state index in [0.29, 0.717) is 0 Å². The fourth-order valence-electron chi connectivity index (χ4n) is 5.84. The van der Waals surface area contributed by atoms with Gasteiger partial charge in [0.05, 0.1) is 0 Å². The molecule has 1 aliphatic rings. The van der Waals surface area contributed by atoms with Crippen molar-refractivity contribution in [1.82, 2.24) is 4.98 Å². The average molecular weight is 507 g/mol. The molecule has 0 amide bonds. The Morgan fingerprint density at radius 1 is 1.19 bits per heavy atom. The minimum absolute atomic E-state index is 0.193. The summed E-state index contributed by atoms with van der Waals surface area (Å²) in [5.74, 6) is 1.87. The first-order valence-corrected chi connectivity index (χ1v) is 14.4. The van der Waals surface area contributed by atoms with E-state index in [9.17, 15) is 4.39 Å². The Bertz CT molecular complexity index is 1100. The van der Waals surface area contributed by atoms with Crippen LogP contribution in [0.25, 0.3) is 16.1 Å². The van der Waals surface area contributed by atoms with Crippen molar-refractivity contribution in [3.8, 4) is 10.6 Å². The molecular weight excluding hydrogens is 463 g/mol. The molecule has 2 aromatic rings. The van der Waals surface area contributed by atoms with Crippen molar-refractivity contribution in [2.24, 2.45) is 28.7 Å². The van der Waals surface area contributed by atoms with Gasteiger partial charge in [-0.2, -0.15) is 4.39 Å². The number of hydrogen-bond donors (Lipinski definition) is 0. The standard InChI is InChI=1S/C32H43FN2S/c1-8-25(20-34-24(7)33)14-21(4)23(6)29-15-26(16-30(18-29)32-35-19-22(5)36-32)17-31-27(9-2)12-11-13-28(31)10-3/h8,15-16,18-21,27-28,31H,6-7,9-14,17H2,1-5H3/b25-8-,34-20-. The highest BCUT2D eigenvalue weighted by molar-refractivity contribution is 7.14. The molecule has 1 heterocycles. The van der Waals surface area contributed by atoms with Gasteiger partial charge in [0, 0.05) is 22.9 Å². The van der Waals surface area contributed by atoms with Gasteiger partial charge in [-0.25, -0.2) is 9.98 Å². The van der Waals surface area contributed by atoms with Crippen molar-refractivity contribution in [3.63, 3.8) is 0 Å². The van der Waals surface area contributed by atoms with Gasteiger partial charge in [0.15, 0.2) is 0 Å². The molecule has 0 radical (unpaired) electrons. The molecule has 2 nitrogen and oxygen atoms in total. The molecule has 3 unspecified atom stereocenters. The van der Waals surface area contributed by atoms with Crippen molar-refractivity contribution >= 4 is 23.1 Å². The molecule has 1 aromatic carbocycles. The first kappa shape index (κ1) is 28.2. The van der Waals surface area contributed by atoms with Crippen LogP contribution in [0.2, 0.25) is 0 Å². The minimum atomic E-state index is -0.671. The number of allylic oxidation sites excluding steroid dienone is 3. The van der Waals surface area contributed by atoms with E-state index in [4.69, 9.17) is 4.98 Å². The fraction of sp³-hybridized carbons (Fsp3) is 0.500. The van der Waals surface area contributed by atoms with Crippen LogP contribution < -0.4 is 0 Å². The molecule has 0 saturated heterocycles. The lowest BCUT2D eigenvalue weighted by molar-refractivity contribution is 0.143. The van der Waals surface area contributed by atoms with Gasteiger partial charge < -0.3 is 0 Å². The topological polar surface area (TPSA) is 25.2 Å². The molecule has 194 valence electrons. The molecule has 0 bridgehead atoms. The third kappa shape index (κ3) is 7.35. The number of aromatic nitrogens is 1. The van der Waals surface area contributed by atoms with Gasteiger partial charge >= 0.3 is 0 Å². The Labute approximate surface area is 222 Å². The highest BCUT2D eigenvalue weighted by atomic mass is 32.1. The van der Waals surface area contributed by atoms with Gasteiger partial charge in [-0.3, -0.25) is 0 Å². The van der Waals surface area contributed by atoms with Crippen LogP contribution >= 0.6 is 11.3 Å². The summed E-state index contributed by atoms with van der Waals surface area (Å²) in [6.45, 7) is 18.7. The molecule has 1 fully saturated rings. The quantitative estimate of drug-likeness (QED) is 0.220. The lowest BCUT2D eigenvalue weighted by Gasteiger charge is -2.38. The van der Waals surface area contributed by atoms with Crippen LogP contribution in [0.15, 0.2) is 60.1 Å². The van der Waals surface area contributed by atoms with E-state index in [2.05, 4.69) is 64.0 Å². The first-order chi connectivity index (χ1) is 17.2. The Balaban J connectivity index is 1.94. The number of hydrogen-bond acceptors (Lipinski definition) is 3. The summed E-state index contributed by atoms with van der Waals surface area (Å²) in [7, 11) is 0. The summed E-state index contributed by atoms with van der Waals surface area (Å²) in [6, 6.07) is 6.98. The summed E-state index contributed by atoms with van der Waals surface area (Å²) >= 11 is 1.75. The van der Waals surface area contributed by atoms with E-state index in [1.54, 1.807) is 17.6 Å². The fourth-order valence-corrected chi connectivity index (χ4v) is 6.59. The zero-order valence-electron chi connectivity index (χ0n) is 22.8. The Morgan fingerprint density at radius 2 is 1.89 bits per heavy atom. The van der Waals surface area contributed by atoms with Crippen molar-refractivity contribution in [1.29, 1.82) is 0 Å². The van der Waals surface area contributed by atoms with Gasteiger partial charge in [-0.15, -0.1) is 11.3 Å². The molecule has 1 aliphatic carbocycles. The maximum Gasteiger partial charge on any atom is 0.205 e. The van der Waals surface area contributed by atoms with Crippen LogP contribution in [0.4, 0.5) is 4.39 Å². The smallest absolute Gasteiger partial charge is 0.205 e. The molecule has 3 atom stereocenters. The predicted octanol–water partition coefficient (Wildman–Crippen LogP) is 10.0. The molecule has 3 rings (SSSR count). The molecule has 4 heteroatoms. The van der Waals surface area contributed by atoms with Crippen molar-refractivity contribution in [3.05, 3.63) is 71.2 Å². The third-order valence-corrected chi connectivity index (χ3v) is 8.95. The summed E-state index contributed by atoms with van der Waals surface area (Å²) in [6.07, 6.45) is 14.0. The van der Waals surface area contributed by atoms with Crippen LogP contribution in [0.5, 0.6) is 0 Å². The van der Waals surface area contributed by atoms with Gasteiger partial charge in [0.1, 0.15) is 5.01 Å². The van der Waals surface area contributed by atoms with Gasteiger partial charge in [-0.1, -0.05) is 71.6 Å². The van der Waals surface area contributed by atoms with E-state index in [1.807, 2.05) is 19.2 Å². The maximum absolute atomic E-state index is 13.1. The average Bonchev–Trinajstić information content (AvgIpc) is 3.32.